The number of halogens is 1. The first-order chi connectivity index (χ1) is 6.18. The number of alkyl halides is 1. The van der Waals surface area contributed by atoms with Crippen LogP contribution in [-0.4, -0.2) is 11.7 Å². The van der Waals surface area contributed by atoms with Crippen molar-refractivity contribution in [1.29, 1.82) is 0 Å². The third-order valence-corrected chi connectivity index (χ3v) is 1.26. The van der Waals surface area contributed by atoms with Crippen LogP contribution in [0.5, 0.6) is 0 Å². The molecule has 0 fully saturated rings. The Labute approximate surface area is 80.4 Å². The molecule has 1 heterocycles. The van der Waals surface area contributed by atoms with Gasteiger partial charge in [0.25, 0.3) is 0 Å². The van der Waals surface area contributed by atoms with Crippen molar-refractivity contribution < 1.29 is 18.7 Å². The third kappa shape index (κ3) is 3.85. The molecular weight excluding hydrogens is 196 g/mol. The number of ether oxygens (including phenoxy) is 2. The zero-order valence-electron chi connectivity index (χ0n) is 7.03. The highest BCUT2D eigenvalue weighted by Gasteiger charge is 2.08. The highest BCUT2D eigenvalue weighted by Crippen LogP contribution is 2.04. The van der Waals surface area contributed by atoms with Crippen LogP contribution in [0, 0.1) is 0 Å². The number of rotatable bonds is 3. The molecule has 0 amide bonds. The number of carbonyl (C=O) groups is 1. The van der Waals surface area contributed by atoms with E-state index in [2.05, 4.69) is 9.47 Å². The average Bonchev–Trinajstić information content (AvgIpc) is 2.51. The molecule has 1 aromatic heterocycles. The topological polar surface area (TPSA) is 48.7 Å². The standard InChI is InChI=1S/C8H9ClO4/c1-6(9)13-8(10)12-5-7-3-2-4-11-7/h2-4,6H,5H2,1H3. The van der Waals surface area contributed by atoms with Crippen molar-refractivity contribution in [2.75, 3.05) is 0 Å². The SMILES string of the molecule is CC(Cl)OC(=O)OCc1ccco1. The van der Waals surface area contributed by atoms with E-state index in [1.165, 1.54) is 13.2 Å². The Morgan fingerprint density at radius 1 is 1.77 bits per heavy atom. The van der Waals surface area contributed by atoms with Crippen LogP contribution in [0.25, 0.3) is 0 Å². The first kappa shape index (κ1) is 9.92. The van der Waals surface area contributed by atoms with Gasteiger partial charge in [-0.3, -0.25) is 0 Å². The Balaban J connectivity index is 2.23. The van der Waals surface area contributed by atoms with Crippen molar-refractivity contribution in [2.45, 2.75) is 19.1 Å². The lowest BCUT2D eigenvalue weighted by atomic mass is 10.5. The molecule has 13 heavy (non-hydrogen) atoms. The van der Waals surface area contributed by atoms with E-state index >= 15 is 0 Å². The van der Waals surface area contributed by atoms with Crippen molar-refractivity contribution >= 4 is 17.8 Å². The molecular formula is C8H9ClO4. The second-order valence-corrected chi connectivity index (χ2v) is 2.89. The Bertz CT molecular complexity index is 255. The van der Waals surface area contributed by atoms with Gasteiger partial charge in [-0.25, -0.2) is 4.79 Å². The van der Waals surface area contributed by atoms with Crippen LogP contribution in [0.2, 0.25) is 0 Å². The maximum Gasteiger partial charge on any atom is 0.510 e. The summed E-state index contributed by atoms with van der Waals surface area (Å²) in [6.07, 6.45) is 0.688. The zero-order chi connectivity index (χ0) is 9.68. The van der Waals surface area contributed by atoms with Crippen LogP contribution in [-0.2, 0) is 16.1 Å². The first-order valence-electron chi connectivity index (χ1n) is 3.68. The predicted octanol–water partition coefficient (Wildman–Crippen LogP) is 2.52. The van der Waals surface area contributed by atoms with Crippen molar-refractivity contribution in [3.63, 3.8) is 0 Å². The molecule has 72 valence electrons. The minimum absolute atomic E-state index is 0.0510. The Morgan fingerprint density at radius 2 is 2.54 bits per heavy atom. The third-order valence-electron chi connectivity index (χ3n) is 1.17. The molecule has 5 heteroatoms. The molecule has 0 aliphatic rings. The molecule has 0 aromatic carbocycles. The van der Waals surface area contributed by atoms with Crippen molar-refractivity contribution in [3.05, 3.63) is 24.2 Å². The van der Waals surface area contributed by atoms with Gasteiger partial charge >= 0.3 is 6.16 Å². The minimum Gasteiger partial charge on any atom is -0.466 e. The minimum atomic E-state index is -0.807. The van der Waals surface area contributed by atoms with Crippen molar-refractivity contribution in [2.24, 2.45) is 0 Å². The van der Waals surface area contributed by atoms with Gasteiger partial charge in [0.15, 0.2) is 12.2 Å². The monoisotopic (exact) mass is 204 g/mol. The second-order valence-electron chi connectivity index (χ2n) is 2.28. The summed E-state index contributed by atoms with van der Waals surface area (Å²) in [7, 11) is 0. The van der Waals surface area contributed by atoms with Crippen LogP contribution in [0.4, 0.5) is 4.79 Å². The van der Waals surface area contributed by atoms with Gasteiger partial charge in [-0.15, -0.1) is 0 Å². The summed E-state index contributed by atoms with van der Waals surface area (Å²) >= 11 is 5.39. The lowest BCUT2D eigenvalue weighted by molar-refractivity contribution is 0.0402. The van der Waals surface area contributed by atoms with E-state index in [-0.39, 0.29) is 6.61 Å². The first-order valence-corrected chi connectivity index (χ1v) is 4.12. The quantitative estimate of drug-likeness (QED) is 0.561. The van der Waals surface area contributed by atoms with Crippen LogP contribution in [0.15, 0.2) is 22.8 Å². The molecule has 0 aliphatic carbocycles. The largest absolute Gasteiger partial charge is 0.510 e. The summed E-state index contributed by atoms with van der Waals surface area (Å²) in [6.45, 7) is 1.57. The van der Waals surface area contributed by atoms with Crippen LogP contribution in [0.3, 0.4) is 0 Å². The molecule has 0 radical (unpaired) electrons. The number of hydrogen-bond acceptors (Lipinski definition) is 4. The maximum atomic E-state index is 10.8. The molecule has 0 saturated heterocycles. The van der Waals surface area contributed by atoms with Gasteiger partial charge in [-0.05, 0) is 19.1 Å². The van der Waals surface area contributed by atoms with Gasteiger partial charge in [0.2, 0.25) is 0 Å². The second kappa shape index (κ2) is 4.77. The average molecular weight is 205 g/mol. The molecule has 0 aliphatic heterocycles. The highest BCUT2D eigenvalue weighted by molar-refractivity contribution is 6.19. The summed E-state index contributed by atoms with van der Waals surface area (Å²) in [5, 5.41) is 0. The molecule has 4 nitrogen and oxygen atoms in total. The van der Waals surface area contributed by atoms with E-state index in [0.29, 0.717) is 5.76 Å². The normalized spacial score (nSPS) is 12.2. The smallest absolute Gasteiger partial charge is 0.466 e. The molecule has 1 aromatic rings. The highest BCUT2D eigenvalue weighted by atomic mass is 35.5. The Hall–Kier alpha value is -1.16. The molecule has 0 spiro atoms. The van der Waals surface area contributed by atoms with Crippen molar-refractivity contribution in [3.8, 4) is 0 Å². The number of hydrogen-bond donors (Lipinski definition) is 0. The van der Waals surface area contributed by atoms with Gasteiger partial charge < -0.3 is 13.9 Å². The predicted molar refractivity (Wildman–Crippen MR) is 45.3 cm³/mol. The summed E-state index contributed by atoms with van der Waals surface area (Å²) in [5.74, 6) is 0.555. The van der Waals surface area contributed by atoms with Gasteiger partial charge in [0, 0.05) is 0 Å². The molecule has 0 N–H and O–H groups in total. The Kier molecular flexibility index (Phi) is 3.64. The van der Waals surface area contributed by atoms with E-state index in [4.69, 9.17) is 16.0 Å². The maximum absolute atomic E-state index is 10.8. The summed E-state index contributed by atoms with van der Waals surface area (Å²) in [6, 6.07) is 3.39. The molecule has 0 saturated carbocycles. The fourth-order valence-corrected chi connectivity index (χ4v) is 0.764. The van der Waals surface area contributed by atoms with E-state index in [0.717, 1.165) is 0 Å². The summed E-state index contributed by atoms with van der Waals surface area (Å²) < 4.78 is 14.1. The van der Waals surface area contributed by atoms with Crippen LogP contribution >= 0.6 is 11.6 Å². The van der Waals surface area contributed by atoms with Crippen molar-refractivity contribution in [1.82, 2.24) is 0 Å². The molecule has 1 rings (SSSR count). The zero-order valence-corrected chi connectivity index (χ0v) is 7.78. The summed E-state index contributed by atoms with van der Waals surface area (Å²) in [4.78, 5) is 10.8. The van der Waals surface area contributed by atoms with E-state index in [1.54, 1.807) is 12.1 Å². The van der Waals surface area contributed by atoms with Gasteiger partial charge in [-0.2, -0.15) is 0 Å². The fraction of sp³-hybridized carbons (Fsp3) is 0.375. The van der Waals surface area contributed by atoms with E-state index in [1.807, 2.05) is 0 Å². The van der Waals surface area contributed by atoms with E-state index in [9.17, 15) is 4.79 Å². The molecule has 1 atom stereocenters. The number of furan rings is 1. The Morgan fingerprint density at radius 3 is 3.08 bits per heavy atom. The molecule has 1 unspecified atom stereocenters. The van der Waals surface area contributed by atoms with Crippen LogP contribution in [0.1, 0.15) is 12.7 Å². The summed E-state index contributed by atoms with van der Waals surface area (Å²) in [5.41, 5.74) is -0.691. The van der Waals surface area contributed by atoms with Gasteiger partial charge in [0.1, 0.15) is 5.76 Å². The van der Waals surface area contributed by atoms with Gasteiger partial charge in [-0.1, -0.05) is 11.6 Å². The fourth-order valence-electron chi connectivity index (χ4n) is 0.691. The lowest BCUT2D eigenvalue weighted by Crippen LogP contribution is -2.11. The lowest BCUT2D eigenvalue weighted by Gasteiger charge is -2.05. The molecule has 0 bridgehead atoms. The van der Waals surface area contributed by atoms with E-state index < -0.39 is 11.7 Å². The number of carbonyl (C=O) groups excluding carboxylic acids is 1. The van der Waals surface area contributed by atoms with Crippen LogP contribution < -0.4 is 0 Å². The van der Waals surface area contributed by atoms with Gasteiger partial charge in [0.05, 0.1) is 6.26 Å².